The van der Waals surface area contributed by atoms with Gasteiger partial charge in [-0.25, -0.2) is 9.48 Å². The van der Waals surface area contributed by atoms with Crippen molar-refractivity contribution in [3.63, 3.8) is 0 Å². The number of aromatic nitrogens is 2. The van der Waals surface area contributed by atoms with Gasteiger partial charge in [-0.2, -0.15) is 5.10 Å². The number of amides is 1. The van der Waals surface area contributed by atoms with Gasteiger partial charge in [0.1, 0.15) is 17.1 Å². The molecule has 146 valence electrons. The highest BCUT2D eigenvalue weighted by Crippen LogP contribution is 2.33. The number of carbonyl (C=O) groups excluding carboxylic acids is 1. The van der Waals surface area contributed by atoms with E-state index in [1.54, 1.807) is 47.2 Å². The number of rotatable bonds is 4. The van der Waals surface area contributed by atoms with Crippen molar-refractivity contribution in [2.45, 2.75) is 13.0 Å². The first-order valence-electron chi connectivity index (χ1n) is 8.85. The van der Waals surface area contributed by atoms with E-state index < -0.39 is 12.0 Å². The molecule has 0 unspecified atom stereocenters. The number of aryl methyl sites for hydroxylation is 1. The number of aliphatic carboxylic acids is 1. The Bertz CT molecular complexity index is 1120. The maximum atomic E-state index is 12.8. The van der Waals surface area contributed by atoms with Crippen LogP contribution in [0.3, 0.4) is 0 Å². The number of halogens is 1. The molecule has 4 rings (SSSR count). The van der Waals surface area contributed by atoms with Crippen molar-refractivity contribution in [1.82, 2.24) is 9.78 Å². The fourth-order valence-electron chi connectivity index (χ4n) is 3.12. The van der Waals surface area contributed by atoms with E-state index in [2.05, 4.69) is 15.7 Å². The van der Waals surface area contributed by atoms with Crippen molar-refractivity contribution in [1.29, 1.82) is 0 Å². The molecule has 29 heavy (non-hydrogen) atoms. The average Bonchev–Trinajstić information content (AvgIpc) is 3.14. The first-order valence-corrected chi connectivity index (χ1v) is 9.23. The van der Waals surface area contributed by atoms with Crippen LogP contribution in [0.25, 0.3) is 0 Å². The Hall–Kier alpha value is -3.58. The zero-order valence-corrected chi connectivity index (χ0v) is 16.1. The molecule has 0 aliphatic carbocycles. The third-order valence-electron chi connectivity index (χ3n) is 4.63. The van der Waals surface area contributed by atoms with Gasteiger partial charge in [0.2, 0.25) is 0 Å². The quantitative estimate of drug-likeness (QED) is 0.604. The summed E-state index contributed by atoms with van der Waals surface area (Å²) < 4.78 is 1.58. The summed E-state index contributed by atoms with van der Waals surface area (Å²) in [6, 6.07) is 13.9. The van der Waals surface area contributed by atoms with Crippen LogP contribution < -0.4 is 10.6 Å². The van der Waals surface area contributed by atoms with Crippen LogP contribution in [0.4, 0.5) is 11.5 Å². The molecule has 3 aromatic rings. The second-order valence-corrected chi connectivity index (χ2v) is 7.11. The van der Waals surface area contributed by atoms with E-state index in [1.807, 2.05) is 19.1 Å². The number of hydrogen-bond acceptors (Lipinski definition) is 4. The number of nitrogens with zero attached hydrogens (tertiary/aromatic N) is 2. The van der Waals surface area contributed by atoms with E-state index in [4.69, 9.17) is 11.6 Å². The Morgan fingerprint density at radius 2 is 1.83 bits per heavy atom. The highest BCUT2D eigenvalue weighted by molar-refractivity contribution is 6.30. The van der Waals surface area contributed by atoms with Gasteiger partial charge in [0, 0.05) is 10.7 Å². The van der Waals surface area contributed by atoms with Gasteiger partial charge in [0.05, 0.1) is 12.2 Å². The SMILES string of the molecule is Cc1ccc(NC(=O)c2cnn3c2NC(C(=O)O)=C[C@H]3c2ccc(Cl)cc2)cc1. The largest absolute Gasteiger partial charge is 0.477 e. The molecular formula is C21H17ClN4O3. The van der Waals surface area contributed by atoms with Crippen LogP contribution in [0.15, 0.2) is 66.5 Å². The molecule has 8 heteroatoms. The van der Waals surface area contributed by atoms with Crippen molar-refractivity contribution >= 4 is 35.0 Å². The van der Waals surface area contributed by atoms with E-state index in [-0.39, 0.29) is 17.2 Å². The van der Waals surface area contributed by atoms with Gasteiger partial charge in [-0.15, -0.1) is 0 Å². The minimum absolute atomic E-state index is 0.0256. The number of hydrogen-bond donors (Lipinski definition) is 3. The standard InChI is InChI=1S/C21H17ClN4O3/c1-12-2-8-15(9-3-12)24-20(27)16-11-23-26-18(13-4-6-14(22)7-5-13)10-17(21(28)29)25-19(16)26/h2-11,18,25H,1H3,(H,24,27)(H,28,29)/t18-/m0/s1. The summed E-state index contributed by atoms with van der Waals surface area (Å²) in [6.45, 7) is 1.96. The smallest absolute Gasteiger partial charge is 0.352 e. The summed E-state index contributed by atoms with van der Waals surface area (Å²) >= 11 is 5.97. The maximum absolute atomic E-state index is 12.8. The van der Waals surface area contributed by atoms with Gasteiger partial charge in [0.25, 0.3) is 5.91 Å². The molecule has 1 aromatic heterocycles. The van der Waals surface area contributed by atoms with Gasteiger partial charge in [-0.1, -0.05) is 41.4 Å². The molecule has 0 bridgehead atoms. The molecule has 7 nitrogen and oxygen atoms in total. The molecule has 0 fully saturated rings. The lowest BCUT2D eigenvalue weighted by Crippen LogP contribution is -2.25. The molecule has 3 N–H and O–H groups in total. The van der Waals surface area contributed by atoms with E-state index >= 15 is 0 Å². The van der Waals surface area contributed by atoms with Gasteiger partial charge in [-0.05, 0) is 42.8 Å². The lowest BCUT2D eigenvalue weighted by atomic mass is 10.0. The monoisotopic (exact) mass is 408 g/mol. The summed E-state index contributed by atoms with van der Waals surface area (Å²) in [5.74, 6) is -1.19. The van der Waals surface area contributed by atoms with Crippen LogP contribution in [0.1, 0.15) is 27.5 Å². The third-order valence-corrected chi connectivity index (χ3v) is 4.88. The van der Waals surface area contributed by atoms with E-state index in [1.165, 1.54) is 6.20 Å². The zero-order valence-electron chi connectivity index (χ0n) is 15.4. The molecular weight excluding hydrogens is 392 g/mol. The van der Waals surface area contributed by atoms with Gasteiger partial charge < -0.3 is 15.7 Å². The summed E-state index contributed by atoms with van der Waals surface area (Å²) in [4.78, 5) is 24.4. The predicted molar refractivity (Wildman–Crippen MR) is 110 cm³/mol. The molecule has 1 atom stereocenters. The van der Waals surface area contributed by atoms with Crippen molar-refractivity contribution in [3.05, 3.63) is 88.2 Å². The Balaban J connectivity index is 1.70. The first kappa shape index (κ1) is 18.8. The Labute approximate surface area is 171 Å². The van der Waals surface area contributed by atoms with Crippen LogP contribution in [0.2, 0.25) is 5.02 Å². The number of allylic oxidation sites excluding steroid dienone is 1. The Morgan fingerprint density at radius 1 is 1.14 bits per heavy atom. The fourth-order valence-corrected chi connectivity index (χ4v) is 3.25. The van der Waals surface area contributed by atoms with Crippen molar-refractivity contribution in [2.24, 2.45) is 0 Å². The summed E-state index contributed by atoms with van der Waals surface area (Å²) in [6.07, 6.45) is 2.97. The highest BCUT2D eigenvalue weighted by Gasteiger charge is 2.29. The third kappa shape index (κ3) is 3.72. The zero-order chi connectivity index (χ0) is 20.5. The normalized spacial score (nSPS) is 15.1. The Kier molecular flexibility index (Phi) is 4.82. The first-order chi connectivity index (χ1) is 13.9. The number of benzene rings is 2. The number of anilines is 2. The topological polar surface area (TPSA) is 96.3 Å². The van der Waals surface area contributed by atoms with Crippen molar-refractivity contribution in [2.75, 3.05) is 10.6 Å². The molecule has 0 spiro atoms. The summed E-state index contributed by atoms with van der Waals surface area (Å²) in [5, 5.41) is 20.0. The van der Waals surface area contributed by atoms with Gasteiger partial charge >= 0.3 is 5.97 Å². The van der Waals surface area contributed by atoms with Gasteiger partial charge in [-0.3, -0.25) is 4.79 Å². The molecule has 2 aromatic carbocycles. The Morgan fingerprint density at radius 3 is 2.48 bits per heavy atom. The van der Waals surface area contributed by atoms with Crippen LogP contribution in [0.5, 0.6) is 0 Å². The summed E-state index contributed by atoms with van der Waals surface area (Å²) in [7, 11) is 0. The molecule has 1 aliphatic heterocycles. The number of carbonyl (C=O) groups is 2. The lowest BCUT2D eigenvalue weighted by molar-refractivity contribution is -0.132. The molecule has 0 saturated carbocycles. The number of carboxylic acid groups (broad SMARTS) is 1. The molecule has 1 aliphatic rings. The maximum Gasteiger partial charge on any atom is 0.352 e. The van der Waals surface area contributed by atoms with Crippen molar-refractivity contribution < 1.29 is 14.7 Å². The number of carboxylic acids is 1. The second kappa shape index (κ2) is 7.44. The molecule has 0 radical (unpaired) electrons. The highest BCUT2D eigenvalue weighted by atomic mass is 35.5. The van der Waals surface area contributed by atoms with Crippen LogP contribution >= 0.6 is 11.6 Å². The van der Waals surface area contributed by atoms with Crippen molar-refractivity contribution in [3.8, 4) is 0 Å². The molecule has 2 heterocycles. The van der Waals surface area contributed by atoms with Gasteiger partial charge in [0.15, 0.2) is 0 Å². The molecule has 0 saturated heterocycles. The lowest BCUT2D eigenvalue weighted by Gasteiger charge is -2.24. The minimum atomic E-state index is -1.12. The van der Waals surface area contributed by atoms with E-state index in [0.29, 0.717) is 16.5 Å². The minimum Gasteiger partial charge on any atom is -0.477 e. The van der Waals surface area contributed by atoms with E-state index in [0.717, 1.165) is 11.1 Å². The predicted octanol–water partition coefficient (Wildman–Crippen LogP) is 4.08. The van der Waals surface area contributed by atoms with Crippen LogP contribution in [-0.4, -0.2) is 26.8 Å². The van der Waals surface area contributed by atoms with E-state index in [9.17, 15) is 14.7 Å². The fraction of sp³-hybridized carbons (Fsp3) is 0.0952. The van der Waals surface area contributed by atoms with Crippen LogP contribution in [-0.2, 0) is 4.79 Å². The summed E-state index contributed by atoms with van der Waals surface area (Å²) in [5.41, 5.74) is 2.73. The molecule has 1 amide bonds. The number of fused-ring (bicyclic) bond motifs is 1. The second-order valence-electron chi connectivity index (χ2n) is 6.68. The number of nitrogens with one attached hydrogen (secondary N) is 2. The van der Waals surface area contributed by atoms with Crippen LogP contribution in [0, 0.1) is 6.92 Å². The average molecular weight is 409 g/mol.